The number of benzene rings is 5. The quantitative estimate of drug-likeness (QED) is 0.0934. The number of aryl methyl sites for hydroxylation is 2. The van der Waals surface area contributed by atoms with Gasteiger partial charge in [0.15, 0.2) is 17.5 Å². The first kappa shape index (κ1) is 39.4. The first-order valence-corrected chi connectivity index (χ1v) is 23.6. The molecule has 62 heavy (non-hydrogen) atoms. The van der Waals surface area contributed by atoms with Crippen molar-refractivity contribution in [1.29, 1.82) is 0 Å². The van der Waals surface area contributed by atoms with E-state index >= 15 is 0 Å². The molecule has 8 heterocycles. The predicted octanol–water partition coefficient (Wildman–Crippen LogP) is 13.3. The van der Waals surface area contributed by atoms with Gasteiger partial charge in [0.1, 0.15) is 23.0 Å². The Balaban J connectivity index is 1.17. The highest BCUT2D eigenvalue weighted by atomic mass is 35.5. The van der Waals surface area contributed by atoms with E-state index in [2.05, 4.69) is 21.9 Å². The van der Waals surface area contributed by atoms with Gasteiger partial charge in [-0.2, -0.15) is 0 Å². The monoisotopic (exact) mass is 986 g/mol. The van der Waals surface area contributed by atoms with Crippen LogP contribution in [0.2, 0.25) is 40.2 Å². The van der Waals surface area contributed by atoms with Crippen molar-refractivity contribution in [3.05, 3.63) is 131 Å². The molecule has 3 atom stereocenters. The molecule has 316 valence electrons. The number of esters is 1. The minimum absolute atomic E-state index is 0.00449. The van der Waals surface area contributed by atoms with Crippen molar-refractivity contribution in [2.75, 3.05) is 36.0 Å². The highest BCUT2D eigenvalue weighted by Crippen LogP contribution is 2.68. The number of rotatable bonds is 0. The maximum Gasteiger partial charge on any atom is 0.341 e. The summed E-state index contributed by atoms with van der Waals surface area (Å²) in [5.41, 5.74) is 6.05. The Labute approximate surface area is 395 Å². The Morgan fingerprint density at radius 1 is 0.548 bits per heavy atom. The zero-order valence-electron chi connectivity index (χ0n) is 32.3. The molecule has 8 nitrogen and oxygen atoms in total. The lowest BCUT2D eigenvalue weighted by molar-refractivity contribution is -0.142. The summed E-state index contributed by atoms with van der Waals surface area (Å²) in [4.78, 5) is 19.3. The number of hydrogen-bond donors (Lipinski definition) is 1. The molecule has 0 bridgehead atoms. The molecule has 8 aliphatic heterocycles. The lowest BCUT2D eigenvalue weighted by atomic mass is 9.71. The van der Waals surface area contributed by atoms with Gasteiger partial charge in [-0.15, -0.1) is 0 Å². The third kappa shape index (κ3) is 4.70. The lowest BCUT2D eigenvalue weighted by Crippen LogP contribution is -2.39. The van der Waals surface area contributed by atoms with Gasteiger partial charge in [-0.05, 0) is 86.8 Å². The second-order valence-electron chi connectivity index (χ2n) is 17.2. The number of carbonyl (C=O) groups is 1. The number of carbonyl (C=O) groups excluding carboxylic acids is 1. The van der Waals surface area contributed by atoms with Crippen LogP contribution in [0.1, 0.15) is 104 Å². The van der Waals surface area contributed by atoms with E-state index in [-0.39, 0.29) is 56.9 Å². The van der Waals surface area contributed by atoms with Gasteiger partial charge in [0.05, 0.1) is 51.3 Å². The highest BCUT2D eigenvalue weighted by Gasteiger charge is 2.61. The van der Waals surface area contributed by atoms with Crippen molar-refractivity contribution in [3.63, 3.8) is 0 Å². The van der Waals surface area contributed by atoms with Gasteiger partial charge in [-0.3, -0.25) is 0 Å². The minimum atomic E-state index is -1.73. The second kappa shape index (κ2) is 13.3. The number of fused-ring (bicyclic) bond motifs is 14. The van der Waals surface area contributed by atoms with Gasteiger partial charge in [-0.25, -0.2) is 4.79 Å². The number of anilines is 2. The molecule has 0 saturated carbocycles. The van der Waals surface area contributed by atoms with E-state index in [0.717, 1.165) is 111 Å². The summed E-state index contributed by atoms with van der Waals surface area (Å²) in [5, 5.41) is 12.0. The van der Waals surface area contributed by atoms with Crippen molar-refractivity contribution in [3.8, 4) is 23.0 Å². The average Bonchev–Trinajstić information content (AvgIpc) is 3.76. The minimum Gasteiger partial charge on any atom is -0.456 e. The van der Waals surface area contributed by atoms with Crippen molar-refractivity contribution in [2.24, 2.45) is 0 Å². The fourth-order valence-electron chi connectivity index (χ4n) is 11.9. The fraction of sp³-hybridized carbons (Fsp3) is 0.326. The van der Waals surface area contributed by atoms with Crippen LogP contribution in [0.25, 0.3) is 0 Å². The molecule has 0 radical (unpaired) electrons. The second-order valence-corrected chi connectivity index (χ2v) is 20.2. The van der Waals surface area contributed by atoms with Crippen LogP contribution in [0.15, 0.2) is 24.3 Å². The average molecular weight is 990 g/mol. The van der Waals surface area contributed by atoms with Gasteiger partial charge < -0.3 is 33.9 Å². The third-order valence-electron chi connectivity index (χ3n) is 14.2. The SMILES string of the molecule is O=C1OC2(c3cc4c(cc3Oc3c2cc2c5c3CCCN5CCC2)C2(OC(O)c3c(Cl)c(Cl)c(Cl)c(Cl)c32)c2cc3c5c(c2O4)CCCN5CCC3)c2c(Cl)c(Cl)c(Cl)c(Cl)c21. The standard InChI is InChI=1S/C46H30Cl8N2O6/c47-31-27-29(33(49)37(53)35(31)51)45(61-43(27)57)21-15-26-22(16-25(21)59-41-19-7-3-11-55-9-1-5-17(39(19)55)13-23(41)45)46(30-28(44(58)62-46)32(48)36(52)38(54)34(30)50)24-14-18-6-2-10-56-12-4-8-20(40(18)56)42(24)60-26/h13-16,43,57H,1-12H2. The summed E-state index contributed by atoms with van der Waals surface area (Å²) in [5.74, 6) is 1.01. The molecule has 1 N–H and O–H groups in total. The van der Waals surface area contributed by atoms with Crippen LogP contribution in [0.5, 0.6) is 23.0 Å². The van der Waals surface area contributed by atoms with Crippen LogP contribution in [0.4, 0.5) is 11.4 Å². The Morgan fingerprint density at radius 2 is 1.02 bits per heavy atom. The molecule has 5 aromatic carbocycles. The zero-order chi connectivity index (χ0) is 42.5. The van der Waals surface area contributed by atoms with E-state index in [1.807, 2.05) is 6.07 Å². The van der Waals surface area contributed by atoms with Gasteiger partial charge in [0.2, 0.25) is 0 Å². The van der Waals surface area contributed by atoms with Crippen molar-refractivity contribution >= 4 is 110 Å². The number of aliphatic hydroxyl groups is 1. The van der Waals surface area contributed by atoms with Crippen LogP contribution in [-0.4, -0.2) is 37.3 Å². The summed E-state index contributed by atoms with van der Waals surface area (Å²) in [6, 6.07) is 7.80. The highest BCUT2D eigenvalue weighted by molar-refractivity contribution is 6.54. The van der Waals surface area contributed by atoms with Crippen LogP contribution in [-0.2, 0) is 46.4 Å². The zero-order valence-corrected chi connectivity index (χ0v) is 38.3. The first-order valence-electron chi connectivity index (χ1n) is 20.6. The smallest absolute Gasteiger partial charge is 0.341 e. The molecular formula is C46H30Cl8N2O6. The van der Waals surface area contributed by atoms with E-state index in [1.54, 1.807) is 6.07 Å². The molecule has 0 aliphatic carbocycles. The van der Waals surface area contributed by atoms with Crippen LogP contribution < -0.4 is 19.3 Å². The largest absolute Gasteiger partial charge is 0.456 e. The van der Waals surface area contributed by atoms with E-state index in [4.69, 9.17) is 112 Å². The topological polar surface area (TPSA) is 80.7 Å². The molecule has 0 amide bonds. The molecule has 5 aromatic rings. The summed E-state index contributed by atoms with van der Waals surface area (Å²) in [7, 11) is 0. The molecule has 8 aliphatic rings. The Kier molecular flexibility index (Phi) is 8.46. The van der Waals surface area contributed by atoms with Crippen LogP contribution in [0, 0.1) is 0 Å². The molecule has 2 spiro atoms. The van der Waals surface area contributed by atoms with Crippen molar-refractivity contribution < 1.29 is 28.8 Å². The van der Waals surface area contributed by atoms with E-state index in [1.165, 1.54) is 0 Å². The third-order valence-corrected chi connectivity index (χ3v) is 17.8. The van der Waals surface area contributed by atoms with E-state index in [9.17, 15) is 9.90 Å². The van der Waals surface area contributed by atoms with Crippen molar-refractivity contribution in [2.45, 2.75) is 68.9 Å². The first-order chi connectivity index (χ1) is 29.9. The number of halogens is 8. The molecule has 13 rings (SSSR count). The van der Waals surface area contributed by atoms with Gasteiger partial charge in [0, 0.05) is 82.1 Å². The molecule has 0 fully saturated rings. The predicted molar refractivity (Wildman–Crippen MR) is 241 cm³/mol. The Hall–Kier alpha value is -2.99. The molecule has 16 heteroatoms. The number of aliphatic hydroxyl groups excluding tert-OH is 1. The number of hydrogen-bond acceptors (Lipinski definition) is 8. The van der Waals surface area contributed by atoms with E-state index < -0.39 is 23.5 Å². The summed E-state index contributed by atoms with van der Waals surface area (Å²) in [6.45, 7) is 3.67. The van der Waals surface area contributed by atoms with Gasteiger partial charge in [-0.1, -0.05) is 92.8 Å². The maximum atomic E-state index is 14.5. The van der Waals surface area contributed by atoms with Crippen LogP contribution >= 0.6 is 92.8 Å². The van der Waals surface area contributed by atoms with Gasteiger partial charge in [0.25, 0.3) is 0 Å². The van der Waals surface area contributed by atoms with E-state index in [0.29, 0.717) is 50.8 Å². The maximum absolute atomic E-state index is 14.5. The lowest BCUT2D eigenvalue weighted by Gasteiger charge is -2.45. The Morgan fingerprint density at radius 3 is 1.58 bits per heavy atom. The number of ether oxygens (including phenoxy) is 4. The molecule has 3 unspecified atom stereocenters. The van der Waals surface area contributed by atoms with Crippen molar-refractivity contribution in [1.82, 2.24) is 0 Å². The molecular weight excluding hydrogens is 960 g/mol. The molecule has 0 saturated heterocycles. The normalized spacial score (nSPS) is 24.0. The summed E-state index contributed by atoms with van der Waals surface area (Å²) in [6.07, 6.45) is 5.24. The number of nitrogens with zero attached hydrogens (tertiary/aromatic N) is 2. The van der Waals surface area contributed by atoms with Gasteiger partial charge >= 0.3 is 5.97 Å². The summed E-state index contributed by atoms with van der Waals surface area (Å²) >= 11 is 55.6. The van der Waals surface area contributed by atoms with Crippen LogP contribution in [0.3, 0.4) is 0 Å². The Bertz CT molecular complexity index is 3010. The summed E-state index contributed by atoms with van der Waals surface area (Å²) < 4.78 is 28.1. The molecule has 0 aromatic heterocycles. The fourth-order valence-corrected chi connectivity index (χ4v) is 14.0.